The Kier molecular flexibility index (Phi) is 6.15. The first-order chi connectivity index (χ1) is 9.60. The van der Waals surface area contributed by atoms with Gasteiger partial charge in [-0.25, -0.2) is 0 Å². The Morgan fingerprint density at radius 1 is 1.10 bits per heavy atom. The van der Waals surface area contributed by atoms with Crippen LogP contribution in [0.15, 0.2) is 61.2 Å². The SMILES string of the molecule is CCC(N)Cc1ccc(Br)cc1Sc1ccccc1Br. The smallest absolute Gasteiger partial charge is 0.0314 e. The molecule has 0 spiro atoms. The van der Waals surface area contributed by atoms with E-state index < -0.39 is 0 Å². The van der Waals surface area contributed by atoms with Gasteiger partial charge >= 0.3 is 0 Å². The first-order valence-corrected chi connectivity index (χ1v) is 8.96. The summed E-state index contributed by atoms with van der Waals surface area (Å²) >= 11 is 8.93. The maximum absolute atomic E-state index is 6.10. The first kappa shape index (κ1) is 16.1. The predicted octanol–water partition coefficient (Wildman–Crippen LogP) is 5.64. The van der Waals surface area contributed by atoms with E-state index in [1.807, 2.05) is 6.07 Å². The maximum Gasteiger partial charge on any atom is 0.0314 e. The Labute approximate surface area is 141 Å². The lowest BCUT2D eigenvalue weighted by Crippen LogP contribution is -2.21. The van der Waals surface area contributed by atoms with Crippen molar-refractivity contribution in [2.75, 3.05) is 0 Å². The van der Waals surface area contributed by atoms with Gasteiger partial charge in [0.25, 0.3) is 0 Å². The van der Waals surface area contributed by atoms with Crippen molar-refractivity contribution >= 4 is 43.6 Å². The Bertz CT molecular complexity index is 586. The molecule has 1 atom stereocenters. The quantitative estimate of drug-likeness (QED) is 0.684. The van der Waals surface area contributed by atoms with Gasteiger partial charge in [-0.1, -0.05) is 52.8 Å². The molecule has 0 radical (unpaired) electrons. The van der Waals surface area contributed by atoms with Crippen molar-refractivity contribution in [1.29, 1.82) is 0 Å². The van der Waals surface area contributed by atoms with Crippen molar-refractivity contribution in [1.82, 2.24) is 0 Å². The van der Waals surface area contributed by atoms with E-state index in [0.717, 1.165) is 21.8 Å². The van der Waals surface area contributed by atoms with Gasteiger partial charge in [-0.3, -0.25) is 0 Å². The summed E-state index contributed by atoms with van der Waals surface area (Å²) in [6, 6.07) is 14.9. The van der Waals surface area contributed by atoms with Crippen molar-refractivity contribution in [3.63, 3.8) is 0 Å². The number of benzene rings is 2. The molecule has 0 fully saturated rings. The lowest BCUT2D eigenvalue weighted by molar-refractivity contribution is 0.641. The van der Waals surface area contributed by atoms with Gasteiger partial charge in [-0.15, -0.1) is 0 Å². The molecule has 0 aliphatic heterocycles. The van der Waals surface area contributed by atoms with Crippen LogP contribution in [0.25, 0.3) is 0 Å². The summed E-state index contributed by atoms with van der Waals surface area (Å²) in [4.78, 5) is 2.48. The van der Waals surface area contributed by atoms with Crippen LogP contribution in [0.4, 0.5) is 0 Å². The molecule has 0 heterocycles. The molecule has 0 aliphatic rings. The van der Waals surface area contributed by atoms with Crippen molar-refractivity contribution in [2.45, 2.75) is 35.6 Å². The molecule has 0 aliphatic carbocycles. The third kappa shape index (κ3) is 4.35. The summed E-state index contributed by atoms with van der Waals surface area (Å²) in [7, 11) is 0. The molecule has 2 N–H and O–H groups in total. The fourth-order valence-corrected chi connectivity index (χ4v) is 3.92. The van der Waals surface area contributed by atoms with E-state index in [1.54, 1.807) is 11.8 Å². The Morgan fingerprint density at radius 2 is 1.85 bits per heavy atom. The predicted molar refractivity (Wildman–Crippen MR) is 94.4 cm³/mol. The molecule has 0 saturated carbocycles. The number of halogens is 2. The monoisotopic (exact) mass is 413 g/mol. The minimum absolute atomic E-state index is 0.217. The molecule has 20 heavy (non-hydrogen) atoms. The van der Waals surface area contributed by atoms with E-state index in [-0.39, 0.29) is 6.04 Å². The summed E-state index contributed by atoms with van der Waals surface area (Å²) in [6.07, 6.45) is 1.91. The minimum Gasteiger partial charge on any atom is -0.327 e. The van der Waals surface area contributed by atoms with Gasteiger partial charge in [0.15, 0.2) is 0 Å². The zero-order valence-electron chi connectivity index (χ0n) is 11.3. The van der Waals surface area contributed by atoms with Crippen molar-refractivity contribution in [3.05, 3.63) is 57.0 Å². The Hall–Kier alpha value is -0.290. The third-order valence-electron chi connectivity index (χ3n) is 3.09. The van der Waals surface area contributed by atoms with Crippen LogP contribution in [0.5, 0.6) is 0 Å². The van der Waals surface area contributed by atoms with Crippen LogP contribution in [-0.2, 0) is 6.42 Å². The summed E-state index contributed by atoms with van der Waals surface area (Å²) in [6.45, 7) is 2.13. The van der Waals surface area contributed by atoms with E-state index in [1.165, 1.54) is 15.4 Å². The molecular weight excluding hydrogens is 398 g/mol. The lowest BCUT2D eigenvalue weighted by atomic mass is 10.1. The van der Waals surface area contributed by atoms with Gasteiger partial charge in [0.05, 0.1) is 0 Å². The Balaban J connectivity index is 2.30. The molecule has 1 unspecified atom stereocenters. The van der Waals surface area contributed by atoms with E-state index in [2.05, 4.69) is 75.2 Å². The summed E-state index contributed by atoms with van der Waals surface area (Å²) in [5, 5.41) is 0. The largest absolute Gasteiger partial charge is 0.327 e. The number of rotatable bonds is 5. The average Bonchev–Trinajstić information content (AvgIpc) is 2.44. The second kappa shape index (κ2) is 7.64. The highest BCUT2D eigenvalue weighted by molar-refractivity contribution is 9.10. The molecule has 4 heteroatoms. The molecule has 0 saturated heterocycles. The first-order valence-electron chi connectivity index (χ1n) is 6.56. The number of nitrogens with two attached hydrogens (primary N) is 1. The summed E-state index contributed by atoms with van der Waals surface area (Å²) < 4.78 is 2.22. The normalized spacial score (nSPS) is 12.4. The third-order valence-corrected chi connectivity index (χ3v) is 5.72. The van der Waals surface area contributed by atoms with Crippen LogP contribution in [0, 0.1) is 0 Å². The molecule has 106 valence electrons. The highest BCUT2D eigenvalue weighted by Gasteiger charge is 2.10. The lowest BCUT2D eigenvalue weighted by Gasteiger charge is -2.14. The second-order valence-corrected chi connectivity index (χ2v) is 7.51. The molecule has 0 bridgehead atoms. The van der Waals surface area contributed by atoms with Crippen LogP contribution >= 0.6 is 43.6 Å². The van der Waals surface area contributed by atoms with Crippen molar-refractivity contribution in [3.8, 4) is 0 Å². The standard InChI is InChI=1S/C16H17Br2NS/c1-2-13(19)9-11-7-8-12(17)10-16(11)20-15-6-4-3-5-14(15)18/h3-8,10,13H,2,9,19H2,1H3. The molecule has 2 aromatic carbocycles. The van der Waals surface area contributed by atoms with Crippen molar-refractivity contribution in [2.24, 2.45) is 5.73 Å². The highest BCUT2D eigenvalue weighted by atomic mass is 79.9. The zero-order chi connectivity index (χ0) is 14.5. The summed E-state index contributed by atoms with van der Waals surface area (Å²) in [5.41, 5.74) is 7.41. The number of hydrogen-bond donors (Lipinski definition) is 1. The van der Waals surface area contributed by atoms with E-state index in [0.29, 0.717) is 0 Å². The van der Waals surface area contributed by atoms with Crippen molar-refractivity contribution < 1.29 is 0 Å². The van der Waals surface area contributed by atoms with Crippen LogP contribution in [-0.4, -0.2) is 6.04 Å². The Morgan fingerprint density at radius 3 is 2.55 bits per heavy atom. The van der Waals surface area contributed by atoms with Crippen LogP contribution in [0.1, 0.15) is 18.9 Å². The van der Waals surface area contributed by atoms with Gasteiger partial charge in [0.2, 0.25) is 0 Å². The van der Waals surface area contributed by atoms with Gasteiger partial charge in [0.1, 0.15) is 0 Å². The molecule has 0 aromatic heterocycles. The summed E-state index contributed by atoms with van der Waals surface area (Å²) in [5.74, 6) is 0. The van der Waals surface area contributed by atoms with Gasteiger partial charge in [-0.2, -0.15) is 0 Å². The van der Waals surface area contributed by atoms with Gasteiger partial charge in [0, 0.05) is 24.8 Å². The van der Waals surface area contributed by atoms with Crippen LogP contribution in [0.3, 0.4) is 0 Å². The topological polar surface area (TPSA) is 26.0 Å². The minimum atomic E-state index is 0.217. The molecule has 2 rings (SSSR count). The maximum atomic E-state index is 6.10. The number of hydrogen-bond acceptors (Lipinski definition) is 2. The molecule has 1 nitrogen and oxygen atoms in total. The molecule has 2 aromatic rings. The van der Waals surface area contributed by atoms with E-state index in [9.17, 15) is 0 Å². The fraction of sp³-hybridized carbons (Fsp3) is 0.250. The average molecular weight is 415 g/mol. The van der Waals surface area contributed by atoms with Crippen LogP contribution < -0.4 is 5.73 Å². The van der Waals surface area contributed by atoms with E-state index in [4.69, 9.17) is 5.73 Å². The molecular formula is C16H17Br2NS. The van der Waals surface area contributed by atoms with Crippen LogP contribution in [0.2, 0.25) is 0 Å². The van der Waals surface area contributed by atoms with Gasteiger partial charge in [-0.05, 0) is 58.6 Å². The molecule has 0 amide bonds. The zero-order valence-corrected chi connectivity index (χ0v) is 15.3. The second-order valence-electron chi connectivity index (χ2n) is 4.66. The van der Waals surface area contributed by atoms with E-state index >= 15 is 0 Å². The fourth-order valence-electron chi connectivity index (χ4n) is 1.86. The van der Waals surface area contributed by atoms with Gasteiger partial charge < -0.3 is 5.73 Å². The highest BCUT2D eigenvalue weighted by Crippen LogP contribution is 2.36.